The molecule has 1 aromatic carbocycles. The lowest BCUT2D eigenvalue weighted by molar-refractivity contribution is -0.140. The molecule has 0 bridgehead atoms. The molecule has 1 aliphatic heterocycles. The normalized spacial score (nSPS) is 20.4. The van der Waals surface area contributed by atoms with Gasteiger partial charge in [0.25, 0.3) is 0 Å². The Morgan fingerprint density at radius 2 is 2.00 bits per heavy atom. The maximum Gasteiger partial charge on any atom is 0.419 e. The van der Waals surface area contributed by atoms with Crippen molar-refractivity contribution in [3.05, 3.63) is 53.8 Å². The van der Waals surface area contributed by atoms with Crippen LogP contribution in [0.5, 0.6) is 5.75 Å². The average Bonchev–Trinajstić information content (AvgIpc) is 3.18. The Labute approximate surface area is 203 Å². The number of nitrogens with zero attached hydrogens (tertiary/aromatic N) is 5. The number of anilines is 1. The lowest BCUT2D eigenvalue weighted by Gasteiger charge is -2.35. The maximum absolute atomic E-state index is 14.7. The number of benzene rings is 1. The van der Waals surface area contributed by atoms with Crippen molar-refractivity contribution in [1.29, 1.82) is 0 Å². The fraction of sp³-hybridized carbons (Fsp3) is 0.375. The Hall–Kier alpha value is -3.54. The Morgan fingerprint density at radius 1 is 1.19 bits per heavy atom. The molecule has 1 fully saturated rings. The van der Waals surface area contributed by atoms with E-state index >= 15 is 0 Å². The summed E-state index contributed by atoms with van der Waals surface area (Å²) in [5.41, 5.74) is -2.45. The zero-order valence-corrected chi connectivity index (χ0v) is 19.2. The van der Waals surface area contributed by atoms with Crippen LogP contribution in [0.3, 0.4) is 0 Å². The van der Waals surface area contributed by atoms with Gasteiger partial charge in [-0.05, 0) is 24.8 Å². The molecule has 2 aromatic heterocycles. The largest absolute Gasteiger partial charge is 0.503 e. The number of phenolic OH excluding ortho intramolecular Hbond substituents is 1. The molecular formula is C24H23F5N6O. The van der Waals surface area contributed by atoms with Gasteiger partial charge >= 0.3 is 6.18 Å². The summed E-state index contributed by atoms with van der Waals surface area (Å²) in [5.74, 6) is -4.47. The molecule has 2 N–H and O–H groups in total. The highest BCUT2D eigenvalue weighted by molar-refractivity contribution is 5.91. The summed E-state index contributed by atoms with van der Waals surface area (Å²) in [6.45, 7) is 2.05. The van der Waals surface area contributed by atoms with Gasteiger partial charge in [-0.2, -0.15) is 23.3 Å². The first-order valence-corrected chi connectivity index (χ1v) is 11.4. The molecule has 2 atom stereocenters. The number of hydrogen-bond acceptors (Lipinski definition) is 6. The van der Waals surface area contributed by atoms with Crippen molar-refractivity contribution in [2.75, 3.05) is 24.5 Å². The van der Waals surface area contributed by atoms with Crippen molar-refractivity contribution in [3.63, 3.8) is 0 Å². The lowest BCUT2D eigenvalue weighted by atomic mass is 9.92. The van der Waals surface area contributed by atoms with Crippen LogP contribution < -0.4 is 10.2 Å². The number of aromatic hydroxyl groups is 1. The number of piperazine rings is 1. The van der Waals surface area contributed by atoms with Crippen molar-refractivity contribution < 1.29 is 27.1 Å². The van der Waals surface area contributed by atoms with E-state index in [-0.39, 0.29) is 22.8 Å². The molecule has 36 heavy (non-hydrogen) atoms. The molecule has 5 rings (SSSR count). The molecular weight excluding hydrogens is 483 g/mol. The number of nitrogens with one attached hydrogen (secondary N) is 1. The van der Waals surface area contributed by atoms with Crippen molar-refractivity contribution in [3.8, 4) is 17.0 Å². The summed E-state index contributed by atoms with van der Waals surface area (Å²) in [7, 11) is 1.51. The number of allylic oxidation sites excluding steroid dienone is 4. The zero-order chi connectivity index (χ0) is 25.6. The first-order valence-electron chi connectivity index (χ1n) is 11.4. The van der Waals surface area contributed by atoms with Crippen LogP contribution in [0, 0.1) is 17.6 Å². The zero-order valence-electron chi connectivity index (χ0n) is 19.2. The molecule has 0 spiro atoms. The highest BCUT2D eigenvalue weighted by Crippen LogP contribution is 2.41. The molecule has 12 heteroatoms. The summed E-state index contributed by atoms with van der Waals surface area (Å²) >= 11 is 0. The third-order valence-electron chi connectivity index (χ3n) is 6.50. The van der Waals surface area contributed by atoms with Crippen molar-refractivity contribution in [1.82, 2.24) is 25.1 Å². The smallest absolute Gasteiger partial charge is 0.419 e. The van der Waals surface area contributed by atoms with Crippen LogP contribution in [0.25, 0.3) is 22.3 Å². The van der Waals surface area contributed by atoms with Gasteiger partial charge in [0.1, 0.15) is 5.69 Å². The number of aryl methyl sites for hydroxylation is 1. The number of hydrogen-bond donors (Lipinski definition) is 2. The molecule has 1 aliphatic carbocycles. The van der Waals surface area contributed by atoms with E-state index in [1.54, 1.807) is 0 Å². The number of fused-ring (bicyclic) bond motifs is 1. The number of aromatic nitrogens is 4. The fourth-order valence-corrected chi connectivity index (χ4v) is 4.72. The molecule has 0 radical (unpaired) electrons. The quantitative estimate of drug-likeness (QED) is 0.513. The van der Waals surface area contributed by atoms with Gasteiger partial charge in [-0.25, -0.2) is 18.4 Å². The third kappa shape index (κ3) is 4.41. The molecule has 7 nitrogen and oxygen atoms in total. The Morgan fingerprint density at radius 3 is 2.72 bits per heavy atom. The standard InChI is InChI=1S/C24H23F5N6O/c1-34-22-16(20(33-34)15-10-17(24(27,28)29)19(26)21(36)18(15)25)11-31-23(32-22)35-8-7-30-14(12-35)9-13-5-3-2-4-6-13/h2-5,10-11,13-14,30,36H,6-9,12H2,1H3/t13?,14-/m0/s1. The van der Waals surface area contributed by atoms with Crippen LogP contribution in [-0.2, 0) is 13.2 Å². The summed E-state index contributed by atoms with van der Waals surface area (Å²) in [5, 5.41) is 17.5. The second-order valence-electron chi connectivity index (χ2n) is 8.97. The number of phenols is 1. The first kappa shape index (κ1) is 24.2. The summed E-state index contributed by atoms with van der Waals surface area (Å²) < 4.78 is 69.7. The average molecular weight is 506 g/mol. The lowest BCUT2D eigenvalue weighted by Crippen LogP contribution is -2.51. The Balaban J connectivity index is 1.47. The second-order valence-corrected chi connectivity index (χ2v) is 8.97. The predicted molar refractivity (Wildman–Crippen MR) is 123 cm³/mol. The van der Waals surface area contributed by atoms with Crippen molar-refractivity contribution >= 4 is 17.0 Å². The van der Waals surface area contributed by atoms with E-state index in [0.717, 1.165) is 19.4 Å². The van der Waals surface area contributed by atoms with Gasteiger partial charge in [0.15, 0.2) is 23.0 Å². The number of rotatable bonds is 4. The van der Waals surface area contributed by atoms with Crippen LogP contribution in [0.2, 0.25) is 0 Å². The second kappa shape index (κ2) is 9.16. The molecule has 3 aromatic rings. The van der Waals surface area contributed by atoms with Crippen LogP contribution in [0.15, 0.2) is 36.6 Å². The monoisotopic (exact) mass is 506 g/mol. The minimum Gasteiger partial charge on any atom is -0.503 e. The highest BCUT2D eigenvalue weighted by Gasteiger charge is 2.38. The van der Waals surface area contributed by atoms with Gasteiger partial charge in [0.2, 0.25) is 5.95 Å². The summed E-state index contributed by atoms with van der Waals surface area (Å²) in [6.07, 6.45) is 6.57. The van der Waals surface area contributed by atoms with Crippen molar-refractivity contribution in [2.45, 2.75) is 25.1 Å². The molecule has 2 aliphatic rings. The third-order valence-corrected chi connectivity index (χ3v) is 6.50. The summed E-state index contributed by atoms with van der Waals surface area (Å²) in [6, 6.07) is 0.522. The van der Waals surface area contributed by atoms with E-state index in [9.17, 15) is 27.1 Å². The van der Waals surface area contributed by atoms with E-state index in [2.05, 4.69) is 32.5 Å². The molecule has 1 unspecified atom stereocenters. The molecule has 0 amide bonds. The first-order chi connectivity index (χ1) is 17.1. The highest BCUT2D eigenvalue weighted by atomic mass is 19.4. The molecule has 3 heterocycles. The van der Waals surface area contributed by atoms with Gasteiger partial charge < -0.3 is 15.3 Å². The molecule has 0 saturated carbocycles. The SMILES string of the molecule is Cn1nc(-c2cc(C(F)(F)F)c(F)c(O)c2F)c2cnc(N3CCN[C@@H](CC4C=CC=CC4)C3)nc21. The van der Waals surface area contributed by atoms with E-state index in [1.807, 2.05) is 17.1 Å². The van der Waals surface area contributed by atoms with E-state index in [1.165, 1.54) is 17.9 Å². The van der Waals surface area contributed by atoms with E-state index in [4.69, 9.17) is 0 Å². The van der Waals surface area contributed by atoms with Gasteiger partial charge in [0.05, 0.1) is 10.9 Å². The van der Waals surface area contributed by atoms with E-state index < -0.39 is 34.7 Å². The minimum atomic E-state index is -5.14. The van der Waals surface area contributed by atoms with Crippen LogP contribution in [-0.4, -0.2) is 50.5 Å². The molecule has 1 saturated heterocycles. The van der Waals surface area contributed by atoms with Gasteiger partial charge in [-0.3, -0.25) is 0 Å². The van der Waals surface area contributed by atoms with Crippen molar-refractivity contribution in [2.24, 2.45) is 13.0 Å². The van der Waals surface area contributed by atoms with Gasteiger partial charge in [-0.1, -0.05) is 24.3 Å². The molecule has 190 valence electrons. The van der Waals surface area contributed by atoms with Gasteiger partial charge in [0, 0.05) is 44.5 Å². The number of alkyl halides is 3. The maximum atomic E-state index is 14.7. The number of halogens is 5. The predicted octanol–water partition coefficient (Wildman–Crippen LogP) is 4.33. The van der Waals surface area contributed by atoms with Crippen LogP contribution in [0.1, 0.15) is 18.4 Å². The van der Waals surface area contributed by atoms with Crippen LogP contribution in [0.4, 0.5) is 27.9 Å². The van der Waals surface area contributed by atoms with E-state index in [0.29, 0.717) is 31.0 Å². The Bertz CT molecular complexity index is 1370. The fourth-order valence-electron chi connectivity index (χ4n) is 4.72. The topological polar surface area (TPSA) is 79.1 Å². The Kier molecular flexibility index (Phi) is 6.15. The van der Waals surface area contributed by atoms with Gasteiger partial charge in [-0.15, -0.1) is 0 Å². The summed E-state index contributed by atoms with van der Waals surface area (Å²) in [4.78, 5) is 10.9. The van der Waals surface area contributed by atoms with Crippen LogP contribution >= 0.6 is 0 Å². The minimum absolute atomic E-state index is 0.171.